The van der Waals surface area contributed by atoms with Gasteiger partial charge in [-0.25, -0.2) is 4.98 Å². The van der Waals surface area contributed by atoms with Crippen LogP contribution in [0.3, 0.4) is 0 Å². The fraction of sp³-hybridized carbons (Fsp3) is 0.381. The number of hydrogen-bond donors (Lipinski definition) is 1. The van der Waals surface area contributed by atoms with Crippen LogP contribution in [-0.4, -0.2) is 26.2 Å². The minimum atomic E-state index is -0.305. The first-order valence-corrected chi connectivity index (χ1v) is 10.7. The Balaban J connectivity index is 1.73. The van der Waals surface area contributed by atoms with Gasteiger partial charge in [-0.1, -0.05) is 30.3 Å². The summed E-state index contributed by atoms with van der Waals surface area (Å²) < 4.78 is 11.0. The van der Waals surface area contributed by atoms with Gasteiger partial charge in [0.25, 0.3) is 11.6 Å². The molecule has 0 saturated heterocycles. The number of pyridine rings is 1. The van der Waals surface area contributed by atoms with E-state index in [0.29, 0.717) is 39.1 Å². The van der Waals surface area contributed by atoms with Crippen molar-refractivity contribution in [2.45, 2.75) is 53.4 Å². The zero-order valence-electron chi connectivity index (χ0n) is 17.6. The van der Waals surface area contributed by atoms with E-state index < -0.39 is 0 Å². The molecule has 4 aromatic rings. The van der Waals surface area contributed by atoms with Crippen LogP contribution in [0, 0.1) is 20.8 Å². The van der Waals surface area contributed by atoms with E-state index in [0.717, 1.165) is 34.9 Å². The SMILES string of the molecule is CCC(CC)c1nnc(NC(=O)c2cc(-c3cc(C)oc3C)nc3onc(C)c23)s1. The van der Waals surface area contributed by atoms with E-state index in [-0.39, 0.29) is 5.91 Å². The Morgan fingerprint density at radius 2 is 1.93 bits per heavy atom. The summed E-state index contributed by atoms with van der Waals surface area (Å²) in [6.07, 6.45) is 1.97. The van der Waals surface area contributed by atoms with Gasteiger partial charge in [0.2, 0.25) is 5.13 Å². The highest BCUT2D eigenvalue weighted by Crippen LogP contribution is 2.32. The fourth-order valence-electron chi connectivity index (χ4n) is 3.55. The zero-order valence-corrected chi connectivity index (χ0v) is 18.4. The Kier molecular flexibility index (Phi) is 5.38. The second-order valence-electron chi connectivity index (χ2n) is 7.24. The molecule has 0 bridgehead atoms. The number of hydrogen-bond acceptors (Lipinski definition) is 8. The first kappa shape index (κ1) is 20.2. The predicted octanol–water partition coefficient (Wildman–Crippen LogP) is 5.42. The summed E-state index contributed by atoms with van der Waals surface area (Å²) in [6, 6.07) is 3.63. The van der Waals surface area contributed by atoms with Crippen molar-refractivity contribution < 1.29 is 13.7 Å². The third-order valence-electron chi connectivity index (χ3n) is 5.17. The van der Waals surface area contributed by atoms with Gasteiger partial charge in [-0.2, -0.15) is 0 Å². The smallest absolute Gasteiger partial charge is 0.259 e. The standard InChI is InChI=1S/C21H23N5O3S/c1-6-13(7-2)20-24-25-21(30-20)23-18(27)15-9-16(14-8-10(3)28-12(14)5)22-19-17(15)11(4)26-29-19/h8-9,13H,6-7H2,1-5H3,(H,23,25,27). The summed E-state index contributed by atoms with van der Waals surface area (Å²) in [6.45, 7) is 9.76. The quantitative estimate of drug-likeness (QED) is 0.440. The molecule has 0 atom stereocenters. The maximum atomic E-state index is 13.2. The number of fused-ring (bicyclic) bond motifs is 1. The number of amides is 1. The maximum absolute atomic E-state index is 13.2. The van der Waals surface area contributed by atoms with Crippen LogP contribution in [0.5, 0.6) is 0 Å². The van der Waals surface area contributed by atoms with E-state index in [9.17, 15) is 4.79 Å². The van der Waals surface area contributed by atoms with Crippen LogP contribution in [0.15, 0.2) is 21.1 Å². The molecule has 1 N–H and O–H groups in total. The van der Waals surface area contributed by atoms with Crippen molar-refractivity contribution in [3.05, 3.63) is 39.9 Å². The average molecular weight is 426 g/mol. The van der Waals surface area contributed by atoms with Crippen molar-refractivity contribution in [1.82, 2.24) is 20.3 Å². The first-order valence-electron chi connectivity index (χ1n) is 9.90. The topological polar surface area (TPSA) is 107 Å². The number of nitrogens with zero attached hydrogens (tertiary/aromatic N) is 4. The van der Waals surface area contributed by atoms with Crippen LogP contribution in [0.4, 0.5) is 5.13 Å². The van der Waals surface area contributed by atoms with Crippen molar-refractivity contribution >= 4 is 33.5 Å². The van der Waals surface area contributed by atoms with Crippen LogP contribution >= 0.6 is 11.3 Å². The average Bonchev–Trinajstić information content (AvgIpc) is 3.42. The summed E-state index contributed by atoms with van der Waals surface area (Å²) in [5.74, 6) is 1.54. The molecule has 8 nitrogen and oxygen atoms in total. The molecule has 4 heterocycles. The summed E-state index contributed by atoms with van der Waals surface area (Å²) in [5, 5.41) is 17.3. The largest absolute Gasteiger partial charge is 0.466 e. The van der Waals surface area contributed by atoms with Crippen LogP contribution in [0.2, 0.25) is 0 Å². The molecule has 4 aromatic heterocycles. The second kappa shape index (κ2) is 7.98. The van der Waals surface area contributed by atoms with Crippen LogP contribution < -0.4 is 5.32 Å². The maximum Gasteiger partial charge on any atom is 0.259 e. The van der Waals surface area contributed by atoms with E-state index in [2.05, 4.69) is 39.5 Å². The molecule has 1 amide bonds. The monoisotopic (exact) mass is 425 g/mol. The summed E-state index contributed by atoms with van der Waals surface area (Å²) in [4.78, 5) is 17.7. The molecule has 30 heavy (non-hydrogen) atoms. The number of aromatic nitrogens is 4. The number of aryl methyl sites for hydroxylation is 3. The van der Waals surface area contributed by atoms with Crippen LogP contribution in [0.25, 0.3) is 22.4 Å². The van der Waals surface area contributed by atoms with E-state index in [1.165, 1.54) is 11.3 Å². The molecule has 0 aliphatic rings. The molecule has 0 saturated carbocycles. The zero-order chi connectivity index (χ0) is 21.4. The number of furan rings is 1. The predicted molar refractivity (Wildman–Crippen MR) is 115 cm³/mol. The summed E-state index contributed by atoms with van der Waals surface area (Å²) in [5.41, 5.74) is 2.73. The van der Waals surface area contributed by atoms with Gasteiger partial charge in [0.05, 0.1) is 22.3 Å². The minimum Gasteiger partial charge on any atom is -0.466 e. The van der Waals surface area contributed by atoms with Crippen LogP contribution in [-0.2, 0) is 0 Å². The second-order valence-corrected chi connectivity index (χ2v) is 8.25. The molecule has 0 spiro atoms. The van der Waals surface area contributed by atoms with Gasteiger partial charge in [0, 0.05) is 11.5 Å². The third kappa shape index (κ3) is 3.60. The van der Waals surface area contributed by atoms with Crippen molar-refractivity contribution in [3.63, 3.8) is 0 Å². The molecule has 0 unspecified atom stereocenters. The Hall–Kier alpha value is -3.07. The van der Waals surface area contributed by atoms with Crippen molar-refractivity contribution in [2.75, 3.05) is 5.32 Å². The molecule has 156 valence electrons. The first-order chi connectivity index (χ1) is 14.4. The van der Waals surface area contributed by atoms with Gasteiger partial charge in [0.15, 0.2) is 0 Å². The van der Waals surface area contributed by atoms with Crippen molar-refractivity contribution in [1.29, 1.82) is 0 Å². The lowest BCUT2D eigenvalue weighted by atomic mass is 10.1. The highest BCUT2D eigenvalue weighted by Gasteiger charge is 2.22. The van der Waals surface area contributed by atoms with Crippen molar-refractivity contribution in [3.8, 4) is 11.3 Å². The lowest BCUT2D eigenvalue weighted by Gasteiger charge is -2.07. The number of carbonyl (C=O) groups is 1. The lowest BCUT2D eigenvalue weighted by Crippen LogP contribution is -2.13. The molecule has 0 aromatic carbocycles. The molecule has 0 aliphatic heterocycles. The number of anilines is 1. The van der Waals surface area contributed by atoms with Gasteiger partial charge in [-0.05, 0) is 45.7 Å². The van der Waals surface area contributed by atoms with Gasteiger partial charge in [-0.15, -0.1) is 10.2 Å². The van der Waals surface area contributed by atoms with Crippen LogP contribution in [0.1, 0.15) is 65.2 Å². The highest BCUT2D eigenvalue weighted by atomic mass is 32.1. The normalized spacial score (nSPS) is 11.5. The van der Waals surface area contributed by atoms with Gasteiger partial charge in [-0.3, -0.25) is 10.1 Å². The van der Waals surface area contributed by atoms with Crippen molar-refractivity contribution in [2.24, 2.45) is 0 Å². The summed E-state index contributed by atoms with van der Waals surface area (Å²) >= 11 is 1.41. The molecule has 9 heteroatoms. The lowest BCUT2D eigenvalue weighted by molar-refractivity contribution is 0.102. The molecule has 0 aliphatic carbocycles. The van der Waals surface area contributed by atoms with Gasteiger partial charge < -0.3 is 8.94 Å². The Morgan fingerprint density at radius 1 is 1.17 bits per heavy atom. The van der Waals surface area contributed by atoms with E-state index in [1.54, 1.807) is 13.0 Å². The van der Waals surface area contributed by atoms with E-state index >= 15 is 0 Å². The Morgan fingerprint density at radius 3 is 2.60 bits per heavy atom. The molecular formula is C21H23N5O3S. The molecular weight excluding hydrogens is 402 g/mol. The van der Waals surface area contributed by atoms with Gasteiger partial charge >= 0.3 is 0 Å². The molecule has 0 fully saturated rings. The number of carbonyl (C=O) groups excluding carboxylic acids is 1. The Bertz CT molecular complexity index is 1220. The third-order valence-corrected chi connectivity index (χ3v) is 6.18. The Labute approximate surface area is 177 Å². The molecule has 0 radical (unpaired) electrons. The number of nitrogens with one attached hydrogen (secondary N) is 1. The summed E-state index contributed by atoms with van der Waals surface area (Å²) in [7, 11) is 0. The highest BCUT2D eigenvalue weighted by molar-refractivity contribution is 7.15. The fourth-order valence-corrected chi connectivity index (χ4v) is 4.55. The van der Waals surface area contributed by atoms with E-state index in [4.69, 9.17) is 8.94 Å². The molecule has 4 rings (SSSR count). The van der Waals surface area contributed by atoms with E-state index in [1.807, 2.05) is 19.9 Å². The van der Waals surface area contributed by atoms with Gasteiger partial charge in [0.1, 0.15) is 16.5 Å². The number of rotatable bonds is 6. The minimum absolute atomic E-state index is 0.305.